The first-order chi connectivity index (χ1) is 10.9. The molecule has 0 spiro atoms. The second-order valence-corrected chi connectivity index (χ2v) is 4.42. The minimum atomic E-state index is -0.733. The Morgan fingerprint density at radius 3 is 1.61 bits per heavy atom. The molecule has 0 aromatic heterocycles. The van der Waals surface area contributed by atoms with E-state index in [0.717, 1.165) is 0 Å². The fraction of sp³-hybridized carbons (Fsp3) is 0. The van der Waals surface area contributed by atoms with Crippen molar-refractivity contribution in [1.82, 2.24) is 0 Å². The van der Waals surface area contributed by atoms with Gasteiger partial charge < -0.3 is 4.74 Å². The molecule has 0 aliphatic heterocycles. The molecule has 0 aliphatic carbocycles. The van der Waals surface area contributed by atoms with Crippen LogP contribution in [0, 0.1) is 20.2 Å². The van der Waals surface area contributed by atoms with E-state index in [4.69, 9.17) is 4.74 Å². The van der Waals surface area contributed by atoms with Crippen molar-refractivity contribution < 1.29 is 19.4 Å². The molecule has 23 heavy (non-hydrogen) atoms. The van der Waals surface area contributed by atoms with E-state index in [1.165, 1.54) is 48.5 Å². The van der Waals surface area contributed by atoms with Crippen molar-refractivity contribution in [3.63, 3.8) is 0 Å². The van der Waals surface area contributed by atoms with Gasteiger partial charge in [-0.1, -0.05) is 6.58 Å². The number of hydrogen-bond acceptors (Lipinski definition) is 6. The monoisotopic (exact) mass is 314 g/mol. The molecule has 0 aliphatic rings. The largest absolute Gasteiger partial charge is 0.423 e. The number of benzene rings is 2. The van der Waals surface area contributed by atoms with Crippen LogP contribution in [-0.2, 0) is 4.74 Å². The zero-order valence-corrected chi connectivity index (χ0v) is 11.7. The van der Waals surface area contributed by atoms with Gasteiger partial charge in [0, 0.05) is 29.8 Å². The second-order valence-electron chi connectivity index (χ2n) is 4.42. The van der Waals surface area contributed by atoms with Crippen LogP contribution < -0.4 is 0 Å². The molecular weight excluding hydrogens is 304 g/mol. The first-order valence-electron chi connectivity index (χ1n) is 6.29. The van der Waals surface area contributed by atoms with Crippen LogP contribution in [0.3, 0.4) is 0 Å². The van der Waals surface area contributed by atoms with Crippen molar-refractivity contribution in [2.24, 2.45) is 0 Å². The summed E-state index contributed by atoms with van der Waals surface area (Å²) in [5.74, 6) is -0.716. The average Bonchev–Trinajstić information content (AvgIpc) is 2.54. The van der Waals surface area contributed by atoms with Crippen LogP contribution in [0.4, 0.5) is 11.4 Å². The van der Waals surface area contributed by atoms with E-state index >= 15 is 0 Å². The van der Waals surface area contributed by atoms with Gasteiger partial charge in [-0.15, -0.1) is 0 Å². The van der Waals surface area contributed by atoms with Crippen LogP contribution in [0.1, 0.15) is 15.9 Å². The van der Waals surface area contributed by atoms with Crippen molar-refractivity contribution in [3.05, 3.63) is 86.5 Å². The highest BCUT2D eigenvalue weighted by Gasteiger charge is 2.13. The third-order valence-electron chi connectivity index (χ3n) is 2.93. The van der Waals surface area contributed by atoms with Crippen molar-refractivity contribution >= 4 is 23.1 Å². The number of ether oxygens (including phenoxy) is 1. The number of hydrogen-bond donors (Lipinski definition) is 0. The number of rotatable bonds is 5. The van der Waals surface area contributed by atoms with E-state index in [0.29, 0.717) is 5.56 Å². The van der Waals surface area contributed by atoms with Gasteiger partial charge in [-0.3, -0.25) is 20.2 Å². The van der Waals surface area contributed by atoms with Crippen LogP contribution in [0.25, 0.3) is 5.76 Å². The summed E-state index contributed by atoms with van der Waals surface area (Å²) < 4.78 is 5.05. The van der Waals surface area contributed by atoms with Gasteiger partial charge in [0.1, 0.15) is 5.76 Å². The SMILES string of the molecule is C=C(OC(=O)c1ccc([N+](=O)[O-])cc1)c1ccc([N+](=O)[O-])cc1. The maximum Gasteiger partial charge on any atom is 0.343 e. The van der Waals surface area contributed by atoms with E-state index in [9.17, 15) is 25.0 Å². The van der Waals surface area contributed by atoms with E-state index in [1.807, 2.05) is 0 Å². The highest BCUT2D eigenvalue weighted by Crippen LogP contribution is 2.20. The number of non-ortho nitro benzene ring substituents is 2. The smallest absolute Gasteiger partial charge is 0.343 e. The molecule has 0 unspecified atom stereocenters. The lowest BCUT2D eigenvalue weighted by Gasteiger charge is -2.07. The van der Waals surface area contributed by atoms with Crippen molar-refractivity contribution in [1.29, 1.82) is 0 Å². The predicted octanol–water partition coefficient (Wildman–Crippen LogP) is 3.33. The van der Waals surface area contributed by atoms with Gasteiger partial charge in [0.25, 0.3) is 11.4 Å². The molecule has 0 atom stereocenters. The molecule has 0 bridgehead atoms. The molecule has 2 rings (SSSR count). The zero-order valence-electron chi connectivity index (χ0n) is 11.7. The molecule has 0 N–H and O–H groups in total. The van der Waals surface area contributed by atoms with Gasteiger partial charge in [0.05, 0.1) is 15.4 Å². The maximum atomic E-state index is 11.9. The van der Waals surface area contributed by atoms with Crippen LogP contribution >= 0.6 is 0 Å². The van der Waals surface area contributed by atoms with E-state index < -0.39 is 15.8 Å². The van der Waals surface area contributed by atoms with Gasteiger partial charge in [0.2, 0.25) is 0 Å². The van der Waals surface area contributed by atoms with Crippen molar-refractivity contribution in [3.8, 4) is 0 Å². The molecule has 0 radical (unpaired) electrons. The third kappa shape index (κ3) is 3.76. The Labute approximate surface area is 129 Å². The van der Waals surface area contributed by atoms with Crippen molar-refractivity contribution in [2.45, 2.75) is 0 Å². The Morgan fingerprint density at radius 1 is 0.826 bits per heavy atom. The zero-order chi connectivity index (χ0) is 17.0. The molecule has 0 saturated heterocycles. The number of esters is 1. The Balaban J connectivity index is 2.08. The molecule has 2 aromatic rings. The molecule has 0 amide bonds. The summed E-state index contributed by atoms with van der Waals surface area (Å²) in [4.78, 5) is 31.9. The summed E-state index contributed by atoms with van der Waals surface area (Å²) in [6.07, 6.45) is 0. The van der Waals surface area contributed by atoms with Crippen LogP contribution in [0.15, 0.2) is 55.1 Å². The summed E-state index contributed by atoms with van der Waals surface area (Å²) in [5.41, 5.74) is 0.295. The van der Waals surface area contributed by atoms with E-state index in [-0.39, 0.29) is 22.7 Å². The molecule has 0 fully saturated rings. The first kappa shape index (κ1) is 15.8. The van der Waals surface area contributed by atoms with Gasteiger partial charge in [-0.2, -0.15) is 0 Å². The standard InChI is InChI=1S/C15H10N2O6/c1-10(11-2-6-13(7-3-11)16(19)20)23-15(18)12-4-8-14(9-5-12)17(21)22/h2-9H,1H2. The lowest BCUT2D eigenvalue weighted by molar-refractivity contribution is -0.385. The lowest BCUT2D eigenvalue weighted by Crippen LogP contribution is -2.04. The molecule has 8 heteroatoms. The molecule has 0 heterocycles. The lowest BCUT2D eigenvalue weighted by atomic mass is 10.2. The summed E-state index contributed by atoms with van der Waals surface area (Å²) in [6.45, 7) is 3.59. The summed E-state index contributed by atoms with van der Waals surface area (Å²) >= 11 is 0. The molecular formula is C15H10N2O6. The quantitative estimate of drug-likeness (QED) is 0.362. The van der Waals surface area contributed by atoms with Gasteiger partial charge >= 0.3 is 5.97 Å². The van der Waals surface area contributed by atoms with Gasteiger partial charge in [-0.05, 0) is 24.3 Å². The highest BCUT2D eigenvalue weighted by molar-refractivity contribution is 5.93. The van der Waals surface area contributed by atoms with Gasteiger partial charge in [0.15, 0.2) is 0 Å². The Hall–Kier alpha value is -3.55. The van der Waals surface area contributed by atoms with Crippen molar-refractivity contribution in [2.75, 3.05) is 0 Å². The summed E-state index contributed by atoms with van der Waals surface area (Å²) in [6, 6.07) is 10.2. The Morgan fingerprint density at radius 2 is 1.22 bits per heavy atom. The normalized spacial score (nSPS) is 9.91. The van der Waals surface area contributed by atoms with E-state index in [1.54, 1.807) is 0 Å². The number of carbonyl (C=O) groups is 1. The average molecular weight is 314 g/mol. The second kappa shape index (κ2) is 6.48. The van der Waals surface area contributed by atoms with Crippen LogP contribution in [0.5, 0.6) is 0 Å². The third-order valence-corrected chi connectivity index (χ3v) is 2.93. The maximum absolute atomic E-state index is 11.9. The Bertz CT molecular complexity index is 713. The van der Waals surface area contributed by atoms with Crippen LogP contribution in [0.2, 0.25) is 0 Å². The summed E-state index contributed by atoms with van der Waals surface area (Å²) in [5, 5.41) is 21.1. The van der Waals surface area contributed by atoms with Crippen LogP contribution in [-0.4, -0.2) is 15.8 Å². The highest BCUT2D eigenvalue weighted by atomic mass is 16.6. The number of carbonyl (C=O) groups excluding carboxylic acids is 1. The summed E-state index contributed by atoms with van der Waals surface area (Å²) in [7, 11) is 0. The fourth-order valence-corrected chi connectivity index (χ4v) is 1.72. The topological polar surface area (TPSA) is 113 Å². The molecule has 0 saturated carbocycles. The molecule has 116 valence electrons. The minimum Gasteiger partial charge on any atom is -0.423 e. The minimum absolute atomic E-state index is 0.0169. The number of nitro benzene ring substituents is 2. The number of nitrogens with zero attached hydrogens (tertiary/aromatic N) is 2. The van der Waals surface area contributed by atoms with Gasteiger partial charge in [-0.25, -0.2) is 4.79 Å². The first-order valence-corrected chi connectivity index (χ1v) is 6.29. The Kier molecular flexibility index (Phi) is 4.46. The van der Waals surface area contributed by atoms with E-state index in [2.05, 4.69) is 6.58 Å². The predicted molar refractivity (Wildman–Crippen MR) is 80.6 cm³/mol. The number of nitro groups is 2. The fourth-order valence-electron chi connectivity index (χ4n) is 1.72. The molecule has 2 aromatic carbocycles. The molecule has 8 nitrogen and oxygen atoms in total.